The molecule has 112 valence electrons. The van der Waals surface area contributed by atoms with E-state index < -0.39 is 10.0 Å². The molecule has 0 aromatic heterocycles. The largest absolute Gasteiger partial charge is 0.495 e. The average Bonchev–Trinajstić information content (AvgIpc) is 2.91. The van der Waals surface area contributed by atoms with Gasteiger partial charge in [0.1, 0.15) is 10.6 Å². The minimum Gasteiger partial charge on any atom is -0.495 e. The van der Waals surface area contributed by atoms with Crippen LogP contribution in [0.3, 0.4) is 0 Å². The van der Waals surface area contributed by atoms with Crippen LogP contribution < -0.4 is 14.8 Å². The number of rotatable bonds is 6. The summed E-state index contributed by atoms with van der Waals surface area (Å²) < 4.78 is 37.9. The molecule has 1 fully saturated rings. The molecule has 2 rings (SSSR count). The van der Waals surface area contributed by atoms with Gasteiger partial charge in [0.15, 0.2) is 0 Å². The summed E-state index contributed by atoms with van der Waals surface area (Å²) in [5.74, 6) is 0.344. The lowest BCUT2D eigenvalue weighted by molar-refractivity contribution is 0.192. The SMILES string of the molecule is CNCc1ccc(OC)c(S(=O)(=O)NC2CCOC2)c1. The number of hydrogen-bond acceptors (Lipinski definition) is 5. The highest BCUT2D eigenvalue weighted by Crippen LogP contribution is 2.25. The van der Waals surface area contributed by atoms with Crippen LogP contribution in [0.5, 0.6) is 5.75 Å². The first-order valence-corrected chi connectivity index (χ1v) is 7.96. The van der Waals surface area contributed by atoms with Gasteiger partial charge in [-0.3, -0.25) is 0 Å². The molecule has 0 aliphatic carbocycles. The van der Waals surface area contributed by atoms with Gasteiger partial charge in [-0.15, -0.1) is 0 Å². The Bertz CT molecular complexity index is 553. The summed E-state index contributed by atoms with van der Waals surface area (Å²) in [6.45, 7) is 1.60. The molecule has 1 aromatic carbocycles. The van der Waals surface area contributed by atoms with Crippen LogP contribution in [0.1, 0.15) is 12.0 Å². The van der Waals surface area contributed by atoms with Gasteiger partial charge in [0.2, 0.25) is 10.0 Å². The Kier molecular flexibility index (Phi) is 4.98. The van der Waals surface area contributed by atoms with Crippen LogP contribution in [0.25, 0.3) is 0 Å². The van der Waals surface area contributed by atoms with Crippen LogP contribution in [-0.4, -0.2) is 41.8 Å². The van der Waals surface area contributed by atoms with Crippen molar-refractivity contribution in [2.24, 2.45) is 0 Å². The van der Waals surface area contributed by atoms with E-state index in [4.69, 9.17) is 9.47 Å². The lowest BCUT2D eigenvalue weighted by Crippen LogP contribution is -2.35. The zero-order chi connectivity index (χ0) is 14.6. The van der Waals surface area contributed by atoms with Crippen molar-refractivity contribution in [3.63, 3.8) is 0 Å². The van der Waals surface area contributed by atoms with E-state index in [1.54, 1.807) is 12.1 Å². The lowest BCUT2D eigenvalue weighted by Gasteiger charge is -2.15. The Morgan fingerprint density at radius 2 is 2.25 bits per heavy atom. The standard InChI is InChI=1S/C13H20N2O4S/c1-14-8-10-3-4-12(18-2)13(7-10)20(16,17)15-11-5-6-19-9-11/h3-4,7,11,14-15H,5-6,8-9H2,1-2H3. The van der Waals surface area contributed by atoms with Crippen molar-refractivity contribution in [2.45, 2.75) is 23.9 Å². The average molecular weight is 300 g/mol. The molecule has 0 amide bonds. The fourth-order valence-corrected chi connectivity index (χ4v) is 3.63. The second-order valence-corrected chi connectivity index (χ2v) is 6.38. The van der Waals surface area contributed by atoms with Gasteiger partial charge in [-0.25, -0.2) is 13.1 Å². The van der Waals surface area contributed by atoms with Crippen molar-refractivity contribution in [3.8, 4) is 5.75 Å². The van der Waals surface area contributed by atoms with Crippen molar-refractivity contribution in [1.29, 1.82) is 0 Å². The van der Waals surface area contributed by atoms with E-state index in [0.717, 1.165) is 5.56 Å². The van der Waals surface area contributed by atoms with E-state index in [1.807, 2.05) is 13.1 Å². The first-order valence-electron chi connectivity index (χ1n) is 6.48. The first-order chi connectivity index (χ1) is 9.56. The van der Waals surface area contributed by atoms with E-state index in [0.29, 0.717) is 31.9 Å². The van der Waals surface area contributed by atoms with Crippen LogP contribution >= 0.6 is 0 Å². The Labute approximate surface area is 119 Å². The number of benzene rings is 1. The second kappa shape index (κ2) is 6.53. The minimum atomic E-state index is -3.61. The van der Waals surface area contributed by atoms with Gasteiger partial charge in [-0.05, 0) is 31.2 Å². The molecule has 0 radical (unpaired) electrons. The third-order valence-electron chi connectivity index (χ3n) is 3.15. The van der Waals surface area contributed by atoms with Gasteiger partial charge in [-0.2, -0.15) is 0 Å². The Morgan fingerprint density at radius 3 is 2.85 bits per heavy atom. The van der Waals surface area contributed by atoms with Gasteiger partial charge in [-0.1, -0.05) is 6.07 Å². The van der Waals surface area contributed by atoms with E-state index in [-0.39, 0.29) is 10.9 Å². The van der Waals surface area contributed by atoms with Gasteiger partial charge >= 0.3 is 0 Å². The molecular weight excluding hydrogens is 280 g/mol. The number of sulfonamides is 1. The molecule has 1 atom stereocenters. The fraction of sp³-hybridized carbons (Fsp3) is 0.538. The molecule has 0 bridgehead atoms. The molecule has 1 saturated heterocycles. The predicted molar refractivity (Wildman–Crippen MR) is 75.3 cm³/mol. The maximum Gasteiger partial charge on any atom is 0.244 e. The number of ether oxygens (including phenoxy) is 2. The molecule has 6 nitrogen and oxygen atoms in total. The quantitative estimate of drug-likeness (QED) is 0.799. The predicted octanol–water partition coefficient (Wildman–Crippen LogP) is 0.482. The van der Waals surface area contributed by atoms with Gasteiger partial charge in [0, 0.05) is 19.2 Å². The van der Waals surface area contributed by atoms with E-state index in [9.17, 15) is 8.42 Å². The summed E-state index contributed by atoms with van der Waals surface area (Å²) in [7, 11) is -0.335. The van der Waals surface area contributed by atoms with Crippen LogP contribution in [-0.2, 0) is 21.3 Å². The van der Waals surface area contributed by atoms with E-state index in [2.05, 4.69) is 10.0 Å². The van der Waals surface area contributed by atoms with Gasteiger partial charge in [0.25, 0.3) is 0 Å². The monoisotopic (exact) mass is 300 g/mol. The number of methoxy groups -OCH3 is 1. The molecule has 7 heteroatoms. The summed E-state index contributed by atoms with van der Waals surface area (Å²) in [4.78, 5) is 0.166. The number of hydrogen-bond donors (Lipinski definition) is 2. The molecule has 0 saturated carbocycles. The third kappa shape index (κ3) is 3.49. The summed E-state index contributed by atoms with van der Waals surface area (Å²) in [5, 5.41) is 3.00. The van der Waals surface area contributed by atoms with Gasteiger partial charge in [0.05, 0.1) is 13.7 Å². The smallest absolute Gasteiger partial charge is 0.244 e. The van der Waals surface area contributed by atoms with E-state index in [1.165, 1.54) is 7.11 Å². The van der Waals surface area contributed by atoms with E-state index >= 15 is 0 Å². The Morgan fingerprint density at radius 1 is 1.45 bits per heavy atom. The Balaban J connectivity index is 2.29. The topological polar surface area (TPSA) is 76.7 Å². The molecule has 2 N–H and O–H groups in total. The number of nitrogens with one attached hydrogen (secondary N) is 2. The normalized spacial score (nSPS) is 19.2. The summed E-state index contributed by atoms with van der Waals surface area (Å²) in [5.41, 5.74) is 0.886. The summed E-state index contributed by atoms with van der Waals surface area (Å²) in [6, 6.07) is 4.98. The first kappa shape index (κ1) is 15.2. The van der Waals surface area contributed by atoms with Gasteiger partial charge < -0.3 is 14.8 Å². The fourth-order valence-electron chi connectivity index (χ4n) is 2.16. The highest BCUT2D eigenvalue weighted by atomic mass is 32.2. The molecule has 1 aromatic rings. The third-order valence-corrected chi connectivity index (χ3v) is 4.69. The molecule has 1 aliphatic rings. The van der Waals surface area contributed by atoms with Crippen LogP contribution in [0.15, 0.2) is 23.1 Å². The summed E-state index contributed by atoms with van der Waals surface area (Å²) >= 11 is 0. The summed E-state index contributed by atoms with van der Waals surface area (Å²) in [6.07, 6.45) is 0.692. The minimum absolute atomic E-state index is 0.166. The Hall–Kier alpha value is -1.15. The second-order valence-electron chi connectivity index (χ2n) is 4.70. The van der Waals surface area contributed by atoms with Crippen LogP contribution in [0, 0.1) is 0 Å². The highest BCUT2D eigenvalue weighted by molar-refractivity contribution is 7.89. The van der Waals surface area contributed by atoms with Crippen molar-refractivity contribution in [1.82, 2.24) is 10.0 Å². The maximum absolute atomic E-state index is 12.5. The maximum atomic E-state index is 12.5. The van der Waals surface area contributed by atoms with Crippen molar-refractivity contribution < 1.29 is 17.9 Å². The molecular formula is C13H20N2O4S. The zero-order valence-electron chi connectivity index (χ0n) is 11.7. The zero-order valence-corrected chi connectivity index (χ0v) is 12.5. The van der Waals surface area contributed by atoms with Crippen LogP contribution in [0.2, 0.25) is 0 Å². The molecule has 0 spiro atoms. The van der Waals surface area contributed by atoms with Crippen LogP contribution in [0.4, 0.5) is 0 Å². The molecule has 1 unspecified atom stereocenters. The van der Waals surface area contributed by atoms with Crippen molar-refractivity contribution in [2.75, 3.05) is 27.4 Å². The molecule has 1 heterocycles. The van der Waals surface area contributed by atoms with Crippen molar-refractivity contribution >= 4 is 10.0 Å². The highest BCUT2D eigenvalue weighted by Gasteiger charge is 2.26. The lowest BCUT2D eigenvalue weighted by atomic mass is 10.2. The molecule has 1 aliphatic heterocycles. The molecule has 20 heavy (non-hydrogen) atoms. The van der Waals surface area contributed by atoms with Crippen molar-refractivity contribution in [3.05, 3.63) is 23.8 Å².